The van der Waals surface area contributed by atoms with Crippen molar-refractivity contribution >= 4 is 5.91 Å². The SMILES string of the molecule is CN1CCN(CC[C@@H](NC(=O)C2CCC(F)(F)CC2)c2ccccc2)C[C@H]1CN(CCCCN)C1CCCc2cccnc21. The van der Waals surface area contributed by atoms with Gasteiger partial charge in [-0.3, -0.25) is 19.6 Å². The summed E-state index contributed by atoms with van der Waals surface area (Å²) >= 11 is 0. The molecule has 9 heteroatoms. The zero-order valence-electron chi connectivity index (χ0n) is 26.5. The van der Waals surface area contributed by atoms with Gasteiger partial charge in [0.25, 0.3) is 0 Å². The highest BCUT2D eigenvalue weighted by Crippen LogP contribution is 2.37. The Morgan fingerprint density at radius 1 is 1.11 bits per heavy atom. The quantitative estimate of drug-likeness (QED) is 0.304. The van der Waals surface area contributed by atoms with Crippen molar-refractivity contribution in [3.05, 3.63) is 65.5 Å². The van der Waals surface area contributed by atoms with Crippen molar-refractivity contribution in [1.82, 2.24) is 25.0 Å². The Morgan fingerprint density at radius 3 is 2.68 bits per heavy atom. The third-order valence-electron chi connectivity index (χ3n) is 10.2. The van der Waals surface area contributed by atoms with Crippen molar-refractivity contribution in [2.24, 2.45) is 11.7 Å². The van der Waals surface area contributed by atoms with E-state index in [0.29, 0.717) is 12.1 Å². The number of alkyl halides is 2. The minimum atomic E-state index is -2.63. The van der Waals surface area contributed by atoms with Crippen LogP contribution in [-0.2, 0) is 11.2 Å². The molecule has 5 rings (SSSR count). The van der Waals surface area contributed by atoms with E-state index in [-0.39, 0.29) is 43.6 Å². The third kappa shape index (κ3) is 8.83. The maximum atomic E-state index is 13.7. The first-order valence-electron chi connectivity index (χ1n) is 16.9. The number of aromatic nitrogens is 1. The second-order valence-electron chi connectivity index (χ2n) is 13.3. The summed E-state index contributed by atoms with van der Waals surface area (Å²) in [7, 11) is 2.24. The van der Waals surface area contributed by atoms with Crippen LogP contribution in [0.1, 0.15) is 86.7 Å². The van der Waals surface area contributed by atoms with Crippen LogP contribution in [-0.4, -0.2) is 90.4 Å². The predicted molar refractivity (Wildman–Crippen MR) is 171 cm³/mol. The fraction of sp³-hybridized carbons (Fsp3) is 0.657. The van der Waals surface area contributed by atoms with Gasteiger partial charge in [-0.05, 0) is 88.7 Å². The number of nitrogens with zero attached hydrogens (tertiary/aromatic N) is 4. The molecule has 3 N–H and O–H groups in total. The van der Waals surface area contributed by atoms with Crippen LogP contribution in [0.5, 0.6) is 0 Å². The number of fused-ring (bicyclic) bond motifs is 1. The molecular weight excluding hydrogens is 558 g/mol. The van der Waals surface area contributed by atoms with Crippen molar-refractivity contribution in [2.75, 3.05) is 52.9 Å². The van der Waals surface area contributed by atoms with Gasteiger partial charge in [-0.2, -0.15) is 0 Å². The van der Waals surface area contributed by atoms with Crippen LogP contribution in [0.25, 0.3) is 0 Å². The molecule has 1 aliphatic heterocycles. The van der Waals surface area contributed by atoms with E-state index in [1.807, 2.05) is 24.4 Å². The molecule has 3 aliphatic rings. The number of piperazine rings is 1. The molecule has 7 nitrogen and oxygen atoms in total. The van der Waals surface area contributed by atoms with Crippen LogP contribution >= 0.6 is 0 Å². The number of carbonyl (C=O) groups is 1. The zero-order chi connectivity index (χ0) is 30.9. The summed E-state index contributed by atoms with van der Waals surface area (Å²) in [4.78, 5) is 25.8. The number of rotatable bonds is 13. The molecule has 0 radical (unpaired) electrons. The van der Waals surface area contributed by atoms with E-state index in [1.54, 1.807) is 0 Å². The number of likely N-dealkylation sites (N-methyl/N-ethyl adjacent to an activating group) is 1. The molecule has 2 aromatic rings. The highest BCUT2D eigenvalue weighted by Gasteiger charge is 2.38. The fourth-order valence-corrected chi connectivity index (χ4v) is 7.37. The number of nitrogens with two attached hydrogens (primary N) is 1. The van der Waals surface area contributed by atoms with Gasteiger partial charge in [-0.1, -0.05) is 36.4 Å². The van der Waals surface area contributed by atoms with Gasteiger partial charge in [0, 0.05) is 63.7 Å². The van der Waals surface area contributed by atoms with E-state index < -0.39 is 5.92 Å². The molecule has 1 unspecified atom stereocenters. The maximum absolute atomic E-state index is 13.7. The summed E-state index contributed by atoms with van der Waals surface area (Å²) < 4.78 is 27.5. The summed E-state index contributed by atoms with van der Waals surface area (Å²) in [6.45, 7) is 6.56. The van der Waals surface area contributed by atoms with Crippen molar-refractivity contribution < 1.29 is 13.6 Å². The molecule has 242 valence electrons. The van der Waals surface area contributed by atoms with Crippen LogP contribution < -0.4 is 11.1 Å². The number of pyridine rings is 1. The summed E-state index contributed by atoms with van der Waals surface area (Å²) in [6.07, 6.45) is 8.40. The van der Waals surface area contributed by atoms with Gasteiger partial charge in [-0.25, -0.2) is 8.78 Å². The lowest BCUT2D eigenvalue weighted by atomic mass is 9.86. The van der Waals surface area contributed by atoms with Crippen molar-refractivity contribution in [1.29, 1.82) is 0 Å². The number of nitrogens with one attached hydrogen (secondary N) is 1. The largest absolute Gasteiger partial charge is 0.349 e. The minimum Gasteiger partial charge on any atom is -0.349 e. The Hall–Kier alpha value is -2.46. The summed E-state index contributed by atoms with van der Waals surface area (Å²) in [6, 6.07) is 15.0. The Morgan fingerprint density at radius 2 is 1.91 bits per heavy atom. The topological polar surface area (TPSA) is 77.7 Å². The highest BCUT2D eigenvalue weighted by atomic mass is 19.3. The number of amides is 1. The minimum absolute atomic E-state index is 0.0832. The standard InChI is InChI=1S/C35H52F2N6O/c1-41-23-24-42(22-16-31(27-9-3-2-4-10-27)40-34(44)29-14-17-35(36,37)18-15-29)25-30(41)26-43(21-6-5-19-38)32-13-7-11-28-12-8-20-39-33(28)32/h2-4,8-10,12,20,29-32H,5-7,11,13-19,21-26,38H2,1H3,(H,40,44)/t30-,31+,32?/m0/s1. The lowest BCUT2D eigenvalue weighted by molar-refractivity contribution is -0.130. The molecular formula is C35H52F2N6O. The Balaban J connectivity index is 1.22. The van der Waals surface area contributed by atoms with Gasteiger partial charge >= 0.3 is 0 Å². The van der Waals surface area contributed by atoms with Crippen LogP contribution in [0.15, 0.2) is 48.7 Å². The Bertz CT molecular complexity index is 1170. The van der Waals surface area contributed by atoms with Crippen LogP contribution in [0.2, 0.25) is 0 Å². The van der Waals surface area contributed by atoms with Gasteiger partial charge in [0.05, 0.1) is 17.8 Å². The first-order valence-corrected chi connectivity index (χ1v) is 16.9. The fourth-order valence-electron chi connectivity index (χ4n) is 7.37. The molecule has 3 atom stereocenters. The summed E-state index contributed by atoms with van der Waals surface area (Å²) in [5, 5.41) is 3.26. The van der Waals surface area contributed by atoms with Gasteiger partial charge in [0.15, 0.2) is 0 Å². The van der Waals surface area contributed by atoms with E-state index >= 15 is 0 Å². The molecule has 0 bridgehead atoms. The summed E-state index contributed by atoms with van der Waals surface area (Å²) in [5.41, 5.74) is 9.59. The molecule has 1 saturated carbocycles. The van der Waals surface area contributed by atoms with Crippen molar-refractivity contribution in [3.8, 4) is 0 Å². The molecule has 2 aliphatic carbocycles. The molecule has 1 saturated heterocycles. The number of hydrogen-bond donors (Lipinski definition) is 2. The van der Waals surface area contributed by atoms with E-state index in [4.69, 9.17) is 10.7 Å². The first-order chi connectivity index (χ1) is 21.3. The van der Waals surface area contributed by atoms with Gasteiger partial charge in [-0.15, -0.1) is 0 Å². The first kappa shape index (κ1) is 32.9. The number of unbranched alkanes of at least 4 members (excludes halogenated alkanes) is 1. The average molecular weight is 611 g/mol. The van der Waals surface area contributed by atoms with Crippen molar-refractivity contribution in [3.63, 3.8) is 0 Å². The van der Waals surface area contributed by atoms with Gasteiger partial charge < -0.3 is 16.0 Å². The number of carbonyl (C=O) groups excluding carboxylic acids is 1. The smallest absolute Gasteiger partial charge is 0.248 e. The number of aryl methyl sites for hydroxylation is 1. The Labute approximate surface area is 262 Å². The normalized spacial score (nSPS) is 23.8. The molecule has 2 fully saturated rings. The van der Waals surface area contributed by atoms with Crippen LogP contribution in [0, 0.1) is 5.92 Å². The molecule has 0 spiro atoms. The van der Waals surface area contributed by atoms with Gasteiger partial charge in [0.1, 0.15) is 0 Å². The molecule has 1 amide bonds. The van der Waals surface area contributed by atoms with Crippen LogP contribution in [0.4, 0.5) is 8.78 Å². The Kier molecular flexibility index (Phi) is 11.7. The molecule has 1 aromatic carbocycles. The maximum Gasteiger partial charge on any atom is 0.248 e. The lowest BCUT2D eigenvalue weighted by Gasteiger charge is -2.44. The van der Waals surface area contributed by atoms with Crippen molar-refractivity contribution in [2.45, 2.75) is 88.3 Å². The number of halogens is 2. The summed E-state index contributed by atoms with van der Waals surface area (Å²) in [5.74, 6) is -3.05. The second kappa shape index (κ2) is 15.7. The predicted octanol–water partition coefficient (Wildman–Crippen LogP) is 5.19. The molecule has 44 heavy (non-hydrogen) atoms. The highest BCUT2D eigenvalue weighted by molar-refractivity contribution is 5.79. The average Bonchev–Trinajstić information content (AvgIpc) is 3.04. The van der Waals surface area contributed by atoms with E-state index in [9.17, 15) is 13.6 Å². The third-order valence-corrected chi connectivity index (χ3v) is 10.2. The monoisotopic (exact) mass is 610 g/mol. The van der Waals surface area contributed by atoms with E-state index in [2.05, 4.69) is 51.3 Å². The molecule has 1 aromatic heterocycles. The van der Waals surface area contributed by atoms with Crippen LogP contribution in [0.3, 0.4) is 0 Å². The van der Waals surface area contributed by atoms with E-state index in [0.717, 1.165) is 83.5 Å². The lowest BCUT2D eigenvalue weighted by Crippen LogP contribution is -2.56. The second-order valence-corrected chi connectivity index (χ2v) is 13.3. The molecule has 2 heterocycles. The van der Waals surface area contributed by atoms with Gasteiger partial charge in [0.2, 0.25) is 11.8 Å². The zero-order valence-corrected chi connectivity index (χ0v) is 26.5. The number of hydrogen-bond acceptors (Lipinski definition) is 6. The number of benzene rings is 1. The van der Waals surface area contributed by atoms with E-state index in [1.165, 1.54) is 17.7 Å².